The molecule has 210 valence electrons. The fourth-order valence-corrected chi connectivity index (χ4v) is 6.38. The van der Waals surface area contributed by atoms with Crippen LogP contribution in [0.1, 0.15) is 51.5 Å². The van der Waals surface area contributed by atoms with Crippen molar-refractivity contribution in [2.45, 2.75) is 71.1 Å². The molecule has 6 rings (SSSR count). The number of nitrogens with zero attached hydrogens (tertiary/aromatic N) is 3. The van der Waals surface area contributed by atoms with E-state index in [1.54, 1.807) is 0 Å². The summed E-state index contributed by atoms with van der Waals surface area (Å²) in [5, 5.41) is 20.9. The second kappa shape index (κ2) is 11.1. The number of fused-ring (bicyclic) bond motifs is 1. The second-order valence-corrected chi connectivity index (χ2v) is 12.4. The average molecular weight is 545 g/mol. The second-order valence-electron chi connectivity index (χ2n) is 12.4. The molecular formula is C36H40N4O. The molecule has 3 aromatic carbocycles. The number of rotatable bonds is 8. The van der Waals surface area contributed by atoms with Crippen molar-refractivity contribution in [3.63, 3.8) is 0 Å². The van der Waals surface area contributed by atoms with Crippen molar-refractivity contribution in [2.75, 3.05) is 0 Å². The highest BCUT2D eigenvalue weighted by Gasteiger charge is 2.36. The largest absolute Gasteiger partial charge is 0.390 e. The molecular weight excluding hydrogens is 504 g/mol. The van der Waals surface area contributed by atoms with Crippen molar-refractivity contribution >= 4 is 11.0 Å². The van der Waals surface area contributed by atoms with Crippen LogP contribution in [-0.4, -0.2) is 24.8 Å². The lowest BCUT2D eigenvalue weighted by Gasteiger charge is -2.40. The van der Waals surface area contributed by atoms with E-state index in [0.29, 0.717) is 5.49 Å². The van der Waals surface area contributed by atoms with Crippen molar-refractivity contribution in [1.82, 2.24) is 14.1 Å². The minimum atomic E-state index is -0.547. The molecule has 5 nitrogen and oxygen atoms in total. The predicted molar refractivity (Wildman–Crippen MR) is 166 cm³/mol. The normalized spacial score (nSPS) is 20.9. The lowest BCUT2D eigenvalue weighted by Crippen LogP contribution is -2.36. The van der Waals surface area contributed by atoms with Crippen LogP contribution in [0.3, 0.4) is 0 Å². The van der Waals surface area contributed by atoms with Gasteiger partial charge in [0.05, 0.1) is 23.0 Å². The van der Waals surface area contributed by atoms with E-state index >= 15 is 0 Å². The number of hydrogen-bond acceptors (Lipinski definition) is 3. The third kappa shape index (κ3) is 5.64. The van der Waals surface area contributed by atoms with Gasteiger partial charge in [0, 0.05) is 18.7 Å². The third-order valence-electron chi connectivity index (χ3n) is 9.15. The molecule has 1 fully saturated rings. The van der Waals surface area contributed by atoms with E-state index in [1.165, 1.54) is 5.56 Å². The van der Waals surface area contributed by atoms with E-state index in [1.807, 2.05) is 23.9 Å². The van der Waals surface area contributed by atoms with Gasteiger partial charge in [-0.15, -0.1) is 0 Å². The van der Waals surface area contributed by atoms with Crippen molar-refractivity contribution in [2.24, 2.45) is 5.41 Å². The Balaban J connectivity index is 1.48. The lowest BCUT2D eigenvalue weighted by molar-refractivity contribution is -0.0178. The Hall–Kier alpha value is -3.96. The number of aromatic nitrogens is 3. The van der Waals surface area contributed by atoms with E-state index in [0.717, 1.165) is 85.0 Å². The first-order chi connectivity index (χ1) is 19.8. The molecule has 5 aromatic rings. The van der Waals surface area contributed by atoms with Gasteiger partial charge in [-0.2, -0.15) is 0 Å². The maximum atomic E-state index is 10.5. The number of aliphatic hydroxyl groups is 1. The average Bonchev–Trinajstić information content (AvgIpc) is 3.34. The van der Waals surface area contributed by atoms with Gasteiger partial charge in [-0.25, -0.2) is 4.98 Å². The van der Waals surface area contributed by atoms with Gasteiger partial charge >= 0.3 is 0 Å². The van der Waals surface area contributed by atoms with Gasteiger partial charge in [-0.3, -0.25) is 5.41 Å². The van der Waals surface area contributed by atoms with Crippen LogP contribution in [0, 0.1) is 10.8 Å². The Kier molecular flexibility index (Phi) is 7.39. The molecule has 0 saturated heterocycles. The van der Waals surface area contributed by atoms with Crippen molar-refractivity contribution in [3.8, 4) is 22.4 Å². The first-order valence-corrected chi connectivity index (χ1v) is 14.9. The van der Waals surface area contributed by atoms with Gasteiger partial charge in [0.15, 0.2) is 0 Å². The van der Waals surface area contributed by atoms with E-state index in [9.17, 15) is 10.5 Å². The summed E-state index contributed by atoms with van der Waals surface area (Å²) < 4.78 is 4.36. The summed E-state index contributed by atoms with van der Waals surface area (Å²) in [5.74, 6) is 0. The summed E-state index contributed by atoms with van der Waals surface area (Å²) in [5.41, 5.74) is 6.69. The van der Waals surface area contributed by atoms with Crippen LogP contribution < -0.4 is 5.49 Å². The van der Waals surface area contributed by atoms with Gasteiger partial charge in [-0.05, 0) is 67.6 Å². The van der Waals surface area contributed by atoms with E-state index < -0.39 is 5.60 Å². The Morgan fingerprint density at radius 1 is 0.780 bits per heavy atom. The van der Waals surface area contributed by atoms with E-state index in [2.05, 4.69) is 96.4 Å². The summed E-state index contributed by atoms with van der Waals surface area (Å²) >= 11 is 0. The monoisotopic (exact) mass is 544 g/mol. The Morgan fingerprint density at radius 2 is 1.37 bits per heavy atom. The van der Waals surface area contributed by atoms with Crippen molar-refractivity contribution in [3.05, 3.63) is 108 Å². The fraction of sp³-hybridized carbons (Fsp3) is 0.333. The SMILES string of the molecule is CC1(O)CCC(C)(CCn2cnc3c(c(-c4ccccc4)c(-c4ccccc4)n3CCc3ccccc3)c2=N)CC1. The molecule has 0 spiro atoms. The molecule has 1 aliphatic rings. The van der Waals surface area contributed by atoms with Crippen LogP contribution in [0.5, 0.6) is 0 Å². The first-order valence-electron chi connectivity index (χ1n) is 14.9. The maximum absolute atomic E-state index is 10.5. The molecule has 2 N–H and O–H groups in total. The minimum Gasteiger partial charge on any atom is -0.390 e. The molecule has 5 heteroatoms. The van der Waals surface area contributed by atoms with Crippen LogP contribution in [0.4, 0.5) is 0 Å². The van der Waals surface area contributed by atoms with Crippen LogP contribution in [0.2, 0.25) is 0 Å². The molecule has 0 atom stereocenters. The zero-order valence-corrected chi connectivity index (χ0v) is 24.2. The highest BCUT2D eigenvalue weighted by Crippen LogP contribution is 2.43. The van der Waals surface area contributed by atoms with Gasteiger partial charge in [-0.1, -0.05) is 97.9 Å². The van der Waals surface area contributed by atoms with Crippen molar-refractivity contribution in [1.29, 1.82) is 5.41 Å². The number of benzene rings is 3. The highest BCUT2D eigenvalue weighted by molar-refractivity contribution is 6.02. The standard InChI is InChI=1S/C36H40N4O/c1-35(19-21-36(2,41)22-20-35)23-25-39-26-38-34-31(33(39)37)30(28-14-8-4-9-15-28)32(29-16-10-5-11-17-29)40(34)24-18-27-12-6-3-7-13-27/h3-17,26,37,41H,18-25H2,1-2H3. The summed E-state index contributed by atoms with van der Waals surface area (Å²) in [6, 6.07) is 31.6. The zero-order valence-electron chi connectivity index (χ0n) is 24.2. The van der Waals surface area contributed by atoms with Crippen LogP contribution in [-0.2, 0) is 19.5 Å². The highest BCUT2D eigenvalue weighted by atomic mass is 16.3. The van der Waals surface area contributed by atoms with Crippen molar-refractivity contribution < 1.29 is 5.11 Å². The Morgan fingerprint density at radius 3 is 2.00 bits per heavy atom. The smallest absolute Gasteiger partial charge is 0.146 e. The van der Waals surface area contributed by atoms with E-state index in [-0.39, 0.29) is 5.41 Å². The Labute approximate surface area is 242 Å². The predicted octanol–water partition coefficient (Wildman–Crippen LogP) is 7.62. The molecule has 1 aliphatic carbocycles. The van der Waals surface area contributed by atoms with Gasteiger partial charge in [0.25, 0.3) is 0 Å². The molecule has 1 saturated carbocycles. The summed E-state index contributed by atoms with van der Waals surface area (Å²) in [4.78, 5) is 5.06. The minimum absolute atomic E-state index is 0.162. The third-order valence-corrected chi connectivity index (χ3v) is 9.15. The Bertz CT molecular complexity index is 1670. The topological polar surface area (TPSA) is 66.8 Å². The first kappa shape index (κ1) is 27.2. The summed E-state index contributed by atoms with van der Waals surface area (Å²) in [6.45, 7) is 5.80. The molecule has 2 aromatic heterocycles. The lowest BCUT2D eigenvalue weighted by atomic mass is 9.69. The number of hydrogen-bond donors (Lipinski definition) is 2. The van der Waals surface area contributed by atoms with Gasteiger partial charge in [0.1, 0.15) is 11.1 Å². The molecule has 0 aliphatic heterocycles. The fourth-order valence-electron chi connectivity index (χ4n) is 6.38. The molecule has 0 bridgehead atoms. The van der Waals surface area contributed by atoms with E-state index in [4.69, 9.17) is 4.98 Å². The molecule has 0 amide bonds. The van der Waals surface area contributed by atoms with Crippen LogP contribution >= 0.6 is 0 Å². The van der Waals surface area contributed by atoms with Gasteiger partial charge in [0.2, 0.25) is 0 Å². The molecule has 0 radical (unpaired) electrons. The maximum Gasteiger partial charge on any atom is 0.146 e. The number of aryl methyl sites for hydroxylation is 3. The van der Waals surface area contributed by atoms with Crippen LogP contribution in [0.25, 0.3) is 33.4 Å². The zero-order chi connectivity index (χ0) is 28.5. The molecule has 0 unspecified atom stereocenters. The summed E-state index contributed by atoms with van der Waals surface area (Å²) in [7, 11) is 0. The number of nitrogens with one attached hydrogen (secondary N) is 1. The molecule has 2 heterocycles. The quantitative estimate of drug-likeness (QED) is 0.211. The summed E-state index contributed by atoms with van der Waals surface area (Å²) in [6.07, 6.45) is 7.40. The molecule has 41 heavy (non-hydrogen) atoms. The van der Waals surface area contributed by atoms with Crippen LogP contribution in [0.15, 0.2) is 97.3 Å². The van der Waals surface area contributed by atoms with Gasteiger partial charge < -0.3 is 14.2 Å².